The van der Waals surface area contributed by atoms with Crippen molar-refractivity contribution in [1.82, 2.24) is 9.97 Å². The van der Waals surface area contributed by atoms with Crippen LogP contribution in [0.2, 0.25) is 0 Å². The highest BCUT2D eigenvalue weighted by atomic mass is 32.2. The van der Waals surface area contributed by atoms with E-state index in [0.29, 0.717) is 0 Å². The fourth-order valence-electron chi connectivity index (χ4n) is 1.05. The molecule has 2 aromatic heterocycles. The summed E-state index contributed by atoms with van der Waals surface area (Å²) < 4.78 is 0. The third-order valence-electron chi connectivity index (χ3n) is 1.64. The summed E-state index contributed by atoms with van der Waals surface area (Å²) >= 11 is 1.64. The smallest absolute Gasteiger partial charge is 0.0966 e. The van der Waals surface area contributed by atoms with Crippen LogP contribution in [0.4, 0.5) is 0 Å². The average molecular weight is 176 g/mol. The third-order valence-corrected chi connectivity index (χ3v) is 2.29. The van der Waals surface area contributed by atoms with E-state index < -0.39 is 0 Å². The number of hydrogen-bond acceptors (Lipinski definition) is 3. The van der Waals surface area contributed by atoms with Crippen molar-refractivity contribution in [2.45, 2.75) is 5.03 Å². The first-order chi connectivity index (χ1) is 5.90. The van der Waals surface area contributed by atoms with Gasteiger partial charge >= 0.3 is 0 Å². The van der Waals surface area contributed by atoms with Crippen LogP contribution in [0.1, 0.15) is 0 Å². The first kappa shape index (κ1) is 7.55. The third kappa shape index (κ3) is 1.28. The lowest BCUT2D eigenvalue weighted by Gasteiger charge is -1.97. The van der Waals surface area contributed by atoms with Crippen molar-refractivity contribution in [3.63, 3.8) is 0 Å². The molecule has 12 heavy (non-hydrogen) atoms. The Morgan fingerprint density at radius 3 is 2.92 bits per heavy atom. The minimum atomic E-state index is 0.954. The zero-order valence-corrected chi connectivity index (χ0v) is 7.51. The van der Waals surface area contributed by atoms with E-state index in [-0.39, 0.29) is 0 Å². The second-order valence-electron chi connectivity index (χ2n) is 2.40. The molecule has 0 fully saturated rings. The first-order valence-electron chi connectivity index (χ1n) is 3.66. The van der Waals surface area contributed by atoms with Crippen molar-refractivity contribution >= 4 is 22.8 Å². The zero-order valence-electron chi connectivity index (χ0n) is 6.69. The molecule has 0 spiro atoms. The Bertz CT molecular complexity index is 400. The van der Waals surface area contributed by atoms with Crippen molar-refractivity contribution in [3.8, 4) is 0 Å². The summed E-state index contributed by atoms with van der Waals surface area (Å²) in [5.41, 5.74) is 1.92. The highest BCUT2D eigenvalue weighted by molar-refractivity contribution is 7.98. The number of thioether (sulfide) groups is 1. The molecule has 0 atom stereocenters. The monoisotopic (exact) mass is 176 g/mol. The summed E-state index contributed by atoms with van der Waals surface area (Å²) in [5, 5.41) is 1.04. The van der Waals surface area contributed by atoms with Gasteiger partial charge in [0.05, 0.1) is 16.1 Å². The van der Waals surface area contributed by atoms with E-state index >= 15 is 0 Å². The van der Waals surface area contributed by atoms with Crippen LogP contribution in [0.15, 0.2) is 35.5 Å². The van der Waals surface area contributed by atoms with Gasteiger partial charge in [0.1, 0.15) is 0 Å². The van der Waals surface area contributed by atoms with Crippen LogP contribution in [-0.4, -0.2) is 16.2 Å². The van der Waals surface area contributed by atoms with Crippen molar-refractivity contribution in [3.05, 3.63) is 30.5 Å². The molecule has 0 aromatic carbocycles. The van der Waals surface area contributed by atoms with Crippen LogP contribution >= 0.6 is 11.8 Å². The van der Waals surface area contributed by atoms with Crippen LogP contribution in [0.3, 0.4) is 0 Å². The number of pyridine rings is 2. The number of hydrogen-bond donors (Lipinski definition) is 0. The lowest BCUT2D eigenvalue weighted by Crippen LogP contribution is -1.83. The highest BCUT2D eigenvalue weighted by Crippen LogP contribution is 2.15. The number of aromatic nitrogens is 2. The summed E-state index contributed by atoms with van der Waals surface area (Å²) in [5.74, 6) is 0. The lowest BCUT2D eigenvalue weighted by molar-refractivity contribution is 1.18. The molecule has 0 aliphatic heterocycles. The van der Waals surface area contributed by atoms with Crippen LogP contribution < -0.4 is 0 Å². The zero-order chi connectivity index (χ0) is 8.39. The molecule has 60 valence electrons. The fourth-order valence-corrected chi connectivity index (χ4v) is 1.45. The maximum atomic E-state index is 4.39. The molecule has 0 saturated heterocycles. The van der Waals surface area contributed by atoms with E-state index in [1.165, 1.54) is 0 Å². The SMILES string of the molecule is CSc1ccc2ncccc2n1. The van der Waals surface area contributed by atoms with Crippen molar-refractivity contribution in [2.75, 3.05) is 6.26 Å². The first-order valence-corrected chi connectivity index (χ1v) is 4.88. The van der Waals surface area contributed by atoms with Gasteiger partial charge in [-0.25, -0.2) is 4.98 Å². The topological polar surface area (TPSA) is 25.8 Å². The minimum absolute atomic E-state index is 0.954. The lowest BCUT2D eigenvalue weighted by atomic mass is 10.3. The van der Waals surface area contributed by atoms with Crippen molar-refractivity contribution < 1.29 is 0 Å². The number of fused-ring (bicyclic) bond motifs is 1. The Labute approximate surface area is 75.0 Å². The quantitative estimate of drug-likeness (QED) is 0.624. The van der Waals surface area contributed by atoms with Gasteiger partial charge in [0, 0.05) is 6.20 Å². The number of rotatable bonds is 1. The van der Waals surface area contributed by atoms with E-state index in [1.54, 1.807) is 18.0 Å². The van der Waals surface area contributed by atoms with Crippen LogP contribution in [0.5, 0.6) is 0 Å². The van der Waals surface area contributed by atoms with Gasteiger partial charge < -0.3 is 0 Å². The average Bonchev–Trinajstić information content (AvgIpc) is 2.17. The van der Waals surface area contributed by atoms with Gasteiger partial charge in [-0.2, -0.15) is 0 Å². The maximum absolute atomic E-state index is 4.39. The molecular weight excluding hydrogens is 168 g/mol. The van der Waals surface area contributed by atoms with Gasteiger partial charge in [-0.1, -0.05) is 0 Å². The Morgan fingerprint density at radius 2 is 2.08 bits per heavy atom. The molecule has 0 radical (unpaired) electrons. The van der Waals surface area contributed by atoms with Gasteiger partial charge in [-0.3, -0.25) is 4.98 Å². The molecule has 0 aliphatic carbocycles. The molecular formula is C9H8N2S. The molecule has 0 amide bonds. The molecule has 0 N–H and O–H groups in total. The van der Waals surface area contributed by atoms with E-state index in [9.17, 15) is 0 Å². The second-order valence-corrected chi connectivity index (χ2v) is 3.22. The van der Waals surface area contributed by atoms with Crippen LogP contribution in [-0.2, 0) is 0 Å². The van der Waals surface area contributed by atoms with Gasteiger partial charge in [0.15, 0.2) is 0 Å². The van der Waals surface area contributed by atoms with E-state index in [2.05, 4.69) is 9.97 Å². The molecule has 0 saturated carbocycles. The summed E-state index contributed by atoms with van der Waals surface area (Å²) in [7, 11) is 0. The molecule has 2 nitrogen and oxygen atoms in total. The van der Waals surface area contributed by atoms with Gasteiger partial charge in [0.2, 0.25) is 0 Å². The predicted octanol–water partition coefficient (Wildman–Crippen LogP) is 2.35. The standard InChI is InChI=1S/C9H8N2S/c1-12-9-5-4-7-8(11-9)3-2-6-10-7/h2-6H,1H3. The fraction of sp³-hybridized carbons (Fsp3) is 0.111. The Balaban J connectivity index is 2.67. The second kappa shape index (κ2) is 3.11. The Kier molecular flexibility index (Phi) is 1.96. The molecule has 2 aromatic rings. The normalized spacial score (nSPS) is 10.4. The molecule has 2 heterocycles. The van der Waals surface area contributed by atoms with Gasteiger partial charge in [-0.15, -0.1) is 11.8 Å². The van der Waals surface area contributed by atoms with Crippen molar-refractivity contribution in [1.29, 1.82) is 0 Å². The molecule has 0 unspecified atom stereocenters. The van der Waals surface area contributed by atoms with Crippen LogP contribution in [0.25, 0.3) is 11.0 Å². The summed E-state index contributed by atoms with van der Waals surface area (Å²) in [4.78, 5) is 8.58. The minimum Gasteiger partial charge on any atom is -0.255 e. The number of nitrogens with zero attached hydrogens (tertiary/aromatic N) is 2. The largest absolute Gasteiger partial charge is 0.255 e. The molecule has 0 bridgehead atoms. The van der Waals surface area contributed by atoms with Crippen molar-refractivity contribution in [2.24, 2.45) is 0 Å². The maximum Gasteiger partial charge on any atom is 0.0966 e. The summed E-state index contributed by atoms with van der Waals surface area (Å²) in [6, 6.07) is 7.86. The Hall–Kier alpha value is -1.09. The van der Waals surface area contributed by atoms with Gasteiger partial charge in [0.25, 0.3) is 0 Å². The molecule has 2 rings (SSSR count). The van der Waals surface area contributed by atoms with E-state index in [0.717, 1.165) is 16.1 Å². The van der Waals surface area contributed by atoms with E-state index in [4.69, 9.17) is 0 Å². The Morgan fingerprint density at radius 1 is 1.17 bits per heavy atom. The van der Waals surface area contributed by atoms with E-state index in [1.807, 2.05) is 30.5 Å². The molecule has 3 heteroatoms. The highest BCUT2D eigenvalue weighted by Gasteiger charge is 1.95. The summed E-state index contributed by atoms with van der Waals surface area (Å²) in [6.07, 6.45) is 3.80. The molecule has 0 aliphatic rings. The van der Waals surface area contributed by atoms with Crippen LogP contribution in [0, 0.1) is 0 Å². The van der Waals surface area contributed by atoms with Gasteiger partial charge in [-0.05, 0) is 30.5 Å². The summed E-state index contributed by atoms with van der Waals surface area (Å²) in [6.45, 7) is 0. The predicted molar refractivity (Wildman–Crippen MR) is 51.3 cm³/mol.